The molecular formula is C16H22OS. The van der Waals surface area contributed by atoms with Gasteiger partial charge in [0.05, 0.1) is 0 Å². The van der Waals surface area contributed by atoms with Crippen molar-refractivity contribution in [3.05, 3.63) is 21.9 Å². The van der Waals surface area contributed by atoms with Crippen molar-refractivity contribution >= 4 is 17.1 Å². The molecule has 3 unspecified atom stereocenters. The molecular weight excluding hydrogens is 240 g/mol. The molecule has 1 heterocycles. The van der Waals surface area contributed by atoms with Gasteiger partial charge in [-0.25, -0.2) is 0 Å². The molecule has 0 aliphatic heterocycles. The highest BCUT2D eigenvalue weighted by molar-refractivity contribution is 7.12. The maximum atomic E-state index is 12.1. The van der Waals surface area contributed by atoms with E-state index < -0.39 is 0 Å². The molecule has 2 aliphatic carbocycles. The lowest BCUT2D eigenvalue weighted by molar-refractivity contribution is -0.119. The minimum atomic E-state index is 0.469. The fraction of sp³-hybridized carbons (Fsp3) is 0.688. The summed E-state index contributed by atoms with van der Waals surface area (Å²) in [5, 5.41) is 0. The zero-order valence-electron chi connectivity index (χ0n) is 11.2. The molecule has 0 saturated heterocycles. The predicted octanol–water partition coefficient (Wildman–Crippen LogP) is 4.25. The second-order valence-corrected chi connectivity index (χ2v) is 7.33. The average molecular weight is 262 g/mol. The summed E-state index contributed by atoms with van der Waals surface area (Å²) in [7, 11) is 0. The van der Waals surface area contributed by atoms with E-state index in [9.17, 15) is 4.79 Å². The van der Waals surface area contributed by atoms with Gasteiger partial charge in [0.15, 0.2) is 0 Å². The van der Waals surface area contributed by atoms with Crippen LogP contribution in [0.5, 0.6) is 0 Å². The van der Waals surface area contributed by atoms with Gasteiger partial charge in [0.2, 0.25) is 0 Å². The van der Waals surface area contributed by atoms with Crippen LogP contribution in [0.1, 0.15) is 48.8 Å². The number of aryl methyl sites for hydroxylation is 1. The first-order valence-corrected chi connectivity index (χ1v) is 8.15. The molecule has 1 aromatic rings. The maximum absolute atomic E-state index is 12.1. The first-order chi connectivity index (χ1) is 8.74. The van der Waals surface area contributed by atoms with E-state index >= 15 is 0 Å². The molecule has 2 bridgehead atoms. The van der Waals surface area contributed by atoms with Gasteiger partial charge in [-0.15, -0.1) is 11.3 Å². The van der Waals surface area contributed by atoms with Crippen LogP contribution in [0.3, 0.4) is 0 Å². The molecule has 1 nitrogen and oxygen atoms in total. The number of Topliss-reactive ketones (excluding diaryl/α,β-unsaturated/α-hetero) is 1. The van der Waals surface area contributed by atoms with Crippen LogP contribution >= 0.6 is 11.3 Å². The third-order valence-electron chi connectivity index (χ3n) is 4.81. The molecule has 0 aromatic carbocycles. The number of fused-ring (bicyclic) bond motifs is 2. The molecule has 0 spiro atoms. The molecule has 18 heavy (non-hydrogen) atoms. The zero-order valence-corrected chi connectivity index (χ0v) is 12.0. The lowest BCUT2D eigenvalue weighted by atomic mass is 9.85. The summed E-state index contributed by atoms with van der Waals surface area (Å²) in [5.74, 6) is 3.04. The Morgan fingerprint density at radius 2 is 2.11 bits per heavy atom. The van der Waals surface area contributed by atoms with E-state index in [4.69, 9.17) is 0 Å². The van der Waals surface area contributed by atoms with E-state index in [2.05, 4.69) is 19.1 Å². The zero-order chi connectivity index (χ0) is 12.5. The summed E-state index contributed by atoms with van der Waals surface area (Å²) in [6.45, 7) is 2.17. The van der Waals surface area contributed by atoms with Gasteiger partial charge in [-0.1, -0.05) is 13.3 Å². The Morgan fingerprint density at radius 1 is 1.28 bits per heavy atom. The van der Waals surface area contributed by atoms with Gasteiger partial charge in [-0.3, -0.25) is 4.79 Å². The van der Waals surface area contributed by atoms with Crippen molar-refractivity contribution in [1.29, 1.82) is 0 Å². The molecule has 3 atom stereocenters. The molecule has 0 N–H and O–H groups in total. The standard InChI is InChI=1S/C16H22OS/c1-2-15-5-6-16(18-15)10-14(17)9-13-8-11-3-4-12(13)7-11/h5-6,11-13H,2-4,7-10H2,1H3. The third-order valence-corrected chi connectivity index (χ3v) is 6.04. The Kier molecular flexibility index (Phi) is 3.56. The summed E-state index contributed by atoms with van der Waals surface area (Å²) in [6, 6.07) is 4.31. The summed E-state index contributed by atoms with van der Waals surface area (Å²) in [4.78, 5) is 14.8. The predicted molar refractivity (Wildman–Crippen MR) is 76.0 cm³/mol. The molecule has 98 valence electrons. The second kappa shape index (κ2) is 5.16. The van der Waals surface area contributed by atoms with Gasteiger partial charge in [0.25, 0.3) is 0 Å². The minimum Gasteiger partial charge on any atom is -0.299 e. The average Bonchev–Trinajstić information content (AvgIpc) is 3.04. The van der Waals surface area contributed by atoms with Gasteiger partial charge in [-0.05, 0) is 55.6 Å². The maximum Gasteiger partial charge on any atom is 0.138 e. The highest BCUT2D eigenvalue weighted by Gasteiger charge is 2.39. The second-order valence-electron chi connectivity index (χ2n) is 6.08. The molecule has 2 fully saturated rings. The Morgan fingerprint density at radius 3 is 2.72 bits per heavy atom. The molecule has 0 amide bonds. The summed E-state index contributed by atoms with van der Waals surface area (Å²) in [6.07, 6.45) is 8.18. The van der Waals surface area contributed by atoms with Crippen LogP contribution in [-0.2, 0) is 17.6 Å². The first kappa shape index (κ1) is 12.4. The number of carbonyl (C=O) groups excluding carboxylic acids is 1. The summed E-state index contributed by atoms with van der Waals surface area (Å²) >= 11 is 1.81. The highest BCUT2D eigenvalue weighted by Crippen LogP contribution is 2.49. The lowest BCUT2D eigenvalue weighted by Crippen LogP contribution is -2.16. The molecule has 2 saturated carbocycles. The van der Waals surface area contributed by atoms with Crippen molar-refractivity contribution in [3.63, 3.8) is 0 Å². The van der Waals surface area contributed by atoms with Crippen molar-refractivity contribution in [2.45, 2.75) is 51.9 Å². The van der Waals surface area contributed by atoms with Crippen LogP contribution < -0.4 is 0 Å². The summed E-state index contributed by atoms with van der Waals surface area (Å²) < 4.78 is 0. The molecule has 2 aliphatic rings. The van der Waals surface area contributed by atoms with Crippen LogP contribution in [0.15, 0.2) is 12.1 Å². The van der Waals surface area contributed by atoms with Gasteiger partial charge < -0.3 is 0 Å². The summed E-state index contributed by atoms with van der Waals surface area (Å²) in [5.41, 5.74) is 0. The van der Waals surface area contributed by atoms with E-state index in [0.29, 0.717) is 12.2 Å². The van der Waals surface area contributed by atoms with Gasteiger partial charge in [0, 0.05) is 22.6 Å². The van der Waals surface area contributed by atoms with Crippen molar-refractivity contribution in [3.8, 4) is 0 Å². The van der Waals surface area contributed by atoms with E-state index in [1.165, 1.54) is 35.4 Å². The number of hydrogen-bond donors (Lipinski definition) is 0. The number of hydrogen-bond acceptors (Lipinski definition) is 2. The molecule has 0 radical (unpaired) electrons. The van der Waals surface area contributed by atoms with E-state index in [1.807, 2.05) is 11.3 Å². The smallest absolute Gasteiger partial charge is 0.138 e. The van der Waals surface area contributed by atoms with Crippen LogP contribution in [-0.4, -0.2) is 5.78 Å². The topological polar surface area (TPSA) is 17.1 Å². The van der Waals surface area contributed by atoms with Gasteiger partial charge in [-0.2, -0.15) is 0 Å². The van der Waals surface area contributed by atoms with E-state index in [0.717, 1.165) is 30.6 Å². The SMILES string of the molecule is CCc1ccc(CC(=O)CC2CC3CCC2C3)s1. The molecule has 1 aromatic heterocycles. The molecule has 2 heteroatoms. The third kappa shape index (κ3) is 2.54. The van der Waals surface area contributed by atoms with Crippen molar-refractivity contribution in [2.24, 2.45) is 17.8 Å². The Labute approximate surface area is 114 Å². The first-order valence-electron chi connectivity index (χ1n) is 7.34. The normalized spacial score (nSPS) is 29.9. The number of carbonyl (C=O) groups is 1. The van der Waals surface area contributed by atoms with Crippen LogP contribution in [0, 0.1) is 17.8 Å². The Bertz CT molecular complexity index is 434. The number of rotatable bonds is 5. The van der Waals surface area contributed by atoms with Gasteiger partial charge in [0.1, 0.15) is 5.78 Å². The van der Waals surface area contributed by atoms with Crippen molar-refractivity contribution in [2.75, 3.05) is 0 Å². The van der Waals surface area contributed by atoms with Crippen molar-refractivity contribution in [1.82, 2.24) is 0 Å². The van der Waals surface area contributed by atoms with E-state index in [-0.39, 0.29) is 0 Å². The van der Waals surface area contributed by atoms with Crippen LogP contribution in [0.2, 0.25) is 0 Å². The quantitative estimate of drug-likeness (QED) is 0.775. The molecule has 3 rings (SSSR count). The van der Waals surface area contributed by atoms with Crippen LogP contribution in [0.25, 0.3) is 0 Å². The van der Waals surface area contributed by atoms with Gasteiger partial charge >= 0.3 is 0 Å². The lowest BCUT2D eigenvalue weighted by Gasteiger charge is -2.20. The number of thiophene rings is 1. The highest BCUT2D eigenvalue weighted by atomic mass is 32.1. The number of ketones is 1. The van der Waals surface area contributed by atoms with Crippen molar-refractivity contribution < 1.29 is 4.79 Å². The monoisotopic (exact) mass is 262 g/mol. The Hall–Kier alpha value is -0.630. The fourth-order valence-corrected chi connectivity index (χ4v) is 4.88. The largest absolute Gasteiger partial charge is 0.299 e. The van der Waals surface area contributed by atoms with E-state index in [1.54, 1.807) is 0 Å². The van der Waals surface area contributed by atoms with Crippen LogP contribution in [0.4, 0.5) is 0 Å². The Balaban J connectivity index is 1.52. The fourth-order valence-electron chi connectivity index (χ4n) is 3.89. The minimum absolute atomic E-state index is 0.469.